The topological polar surface area (TPSA) is 259 Å². The molecule has 0 aromatic rings. The third-order valence-corrected chi connectivity index (χ3v) is 21.9. The molecule has 23 atom stereocenters. The van der Waals surface area contributed by atoms with Crippen LogP contribution in [0.4, 0.5) is 4.39 Å². The molecule has 4 saturated carbocycles. The molecule has 1 amide bonds. The van der Waals surface area contributed by atoms with Crippen molar-refractivity contribution in [1.29, 1.82) is 0 Å². The molecule has 0 aromatic carbocycles. The van der Waals surface area contributed by atoms with Gasteiger partial charge in [0.15, 0.2) is 5.78 Å². The maximum atomic E-state index is 15.4. The second-order valence-corrected chi connectivity index (χ2v) is 28.2. The van der Waals surface area contributed by atoms with Crippen LogP contribution < -0.4 is 0 Å². The van der Waals surface area contributed by atoms with Crippen molar-refractivity contribution in [2.75, 3.05) is 34.5 Å². The largest absolute Gasteiger partial charge is 0.460 e. The number of cyclic esters (lactones) is 1. The Labute approximate surface area is 526 Å². The molecule has 8 aliphatic rings. The highest BCUT2D eigenvalue weighted by Gasteiger charge is 2.66. The lowest BCUT2D eigenvalue weighted by Crippen LogP contribution is -2.64. The van der Waals surface area contributed by atoms with Gasteiger partial charge in [-0.25, -0.2) is 14.0 Å². The van der Waals surface area contributed by atoms with Crippen molar-refractivity contribution in [3.05, 3.63) is 59.8 Å². The molecule has 498 valence electrons. The van der Waals surface area contributed by atoms with Gasteiger partial charge in [0.05, 0.1) is 43.2 Å². The van der Waals surface area contributed by atoms with Crippen molar-refractivity contribution >= 4 is 41.0 Å². The molecule has 5 aliphatic carbocycles. The molecule has 0 unspecified atom stereocenters. The zero-order chi connectivity index (χ0) is 65.6. The van der Waals surface area contributed by atoms with Crippen LogP contribution >= 0.6 is 0 Å². The number of unbranched alkanes of at least 4 members (excludes halogenated alkanes) is 1. The van der Waals surface area contributed by atoms with Gasteiger partial charge in [0.2, 0.25) is 11.6 Å². The number of carbonyl (C=O) groups is 7. The number of esters is 2. The number of nitrogens with zero attached hydrogens (tertiary/aromatic N) is 1. The standard InChI is InChI=1S/C44H69NO12.C26H35FO5/c1-10-13-31-19-25(2)18-26(3)20-37(54-8)40-38(55-9)22-28(5)44(52,57-40)41(49)42(50)45-17-12-11-14-32(45)43(51)56-39(29(6)34(47)24-35(31)48)27(4)21-30-15-16-33(46)36(23-30)53-7;1-5-6-9-32-24(31)23(30)21-14(2)10-17-16-12-19(27)18-11-15(28)7-8-25(18,3)22(16)20(29)13-26(17,21)4/h10,19,21,26,28-34,36-40,46-47,52H,1,11-18,20,22-24H2,2-9H3;7-8,11,14,16-17,19-22,29H,5-6,9-10,12-13H2,1-4H3/b25-19+,27-21+;/t26-,28+,29+,30-,31+,32-,33+,34-,36+,37-,38-,39+,40+,44+;14-,16+,17+,19+,20+,21-,22-,25+,26+/m01/s1. The van der Waals surface area contributed by atoms with Crippen molar-refractivity contribution in [2.24, 2.45) is 70.0 Å². The quantitative estimate of drug-likeness (QED) is 0.0617. The summed E-state index contributed by atoms with van der Waals surface area (Å²) in [7, 11) is 4.61. The Bertz CT molecular complexity index is 2710. The number of hydrogen-bond acceptors (Lipinski definition) is 17. The van der Waals surface area contributed by atoms with E-state index in [9.17, 15) is 54.0 Å². The van der Waals surface area contributed by atoms with Crippen LogP contribution in [0, 0.1) is 70.0 Å². The van der Waals surface area contributed by atoms with Crippen LogP contribution in [0.15, 0.2) is 59.8 Å². The van der Waals surface area contributed by atoms with Gasteiger partial charge in [-0.2, -0.15) is 0 Å². The van der Waals surface area contributed by atoms with Gasteiger partial charge in [-0.05, 0) is 162 Å². The van der Waals surface area contributed by atoms with E-state index in [1.54, 1.807) is 33.1 Å². The Balaban J connectivity index is 0.000000296. The molecule has 19 heteroatoms. The van der Waals surface area contributed by atoms with Crippen molar-refractivity contribution in [2.45, 2.75) is 232 Å². The Morgan fingerprint density at radius 3 is 2.22 bits per heavy atom. The van der Waals surface area contributed by atoms with E-state index in [4.69, 9.17) is 28.4 Å². The predicted octanol–water partition coefficient (Wildman–Crippen LogP) is 8.63. The monoisotopic (exact) mass is 1250 g/mol. The van der Waals surface area contributed by atoms with E-state index >= 15 is 4.39 Å². The van der Waals surface area contributed by atoms with Gasteiger partial charge in [0.25, 0.3) is 11.7 Å². The molecule has 3 heterocycles. The number of aliphatic hydroxyl groups is 4. The van der Waals surface area contributed by atoms with Crippen molar-refractivity contribution in [1.82, 2.24) is 4.90 Å². The van der Waals surface area contributed by atoms with E-state index in [0.717, 1.165) is 12.0 Å². The minimum absolute atomic E-state index is 0.00988. The number of amides is 1. The third-order valence-electron chi connectivity index (χ3n) is 21.9. The Morgan fingerprint density at radius 1 is 0.876 bits per heavy atom. The number of rotatable bonds is 12. The first kappa shape index (κ1) is 71.8. The highest BCUT2D eigenvalue weighted by atomic mass is 19.1. The summed E-state index contributed by atoms with van der Waals surface area (Å²) >= 11 is 0. The van der Waals surface area contributed by atoms with Crippen molar-refractivity contribution in [3.63, 3.8) is 0 Å². The lowest BCUT2D eigenvalue weighted by molar-refractivity contribution is -0.302. The van der Waals surface area contributed by atoms with Gasteiger partial charge in [-0.15, -0.1) is 6.58 Å². The summed E-state index contributed by atoms with van der Waals surface area (Å²) in [5.74, 6) is -10.2. The van der Waals surface area contributed by atoms with Crippen LogP contribution in [0.25, 0.3) is 0 Å². The molecule has 4 N–H and O–H groups in total. The number of Topliss-reactive ketones (excluding diaryl/α,β-unsaturated/α-hetero) is 3. The molecule has 0 spiro atoms. The number of hydrogen-bond donors (Lipinski definition) is 4. The van der Waals surface area contributed by atoms with Gasteiger partial charge in [-0.3, -0.25) is 24.0 Å². The number of carbonyl (C=O) groups excluding carboxylic acids is 7. The van der Waals surface area contributed by atoms with Crippen LogP contribution in [-0.4, -0.2) is 168 Å². The summed E-state index contributed by atoms with van der Waals surface area (Å²) in [6.07, 6.45) is 10.5. The lowest BCUT2D eigenvalue weighted by atomic mass is 9.46. The van der Waals surface area contributed by atoms with E-state index in [2.05, 4.69) is 6.58 Å². The smallest absolute Gasteiger partial charge is 0.374 e. The molecule has 2 saturated heterocycles. The van der Waals surface area contributed by atoms with E-state index in [0.29, 0.717) is 81.8 Å². The number of methoxy groups -OCH3 is 3. The first-order chi connectivity index (χ1) is 42.0. The Morgan fingerprint density at radius 2 is 1.56 bits per heavy atom. The molecular weight excluding hydrogens is 1150 g/mol. The highest BCUT2D eigenvalue weighted by Crippen LogP contribution is 2.67. The number of piperidine rings is 1. The summed E-state index contributed by atoms with van der Waals surface area (Å²) in [5, 5.41) is 45.5. The number of fused-ring (bicyclic) bond motifs is 8. The molecule has 8 rings (SSSR count). The normalized spacial score (nSPS) is 42.4. The molecule has 0 aromatic heterocycles. The van der Waals surface area contributed by atoms with Crippen LogP contribution in [0.1, 0.15) is 165 Å². The summed E-state index contributed by atoms with van der Waals surface area (Å²) < 4.78 is 50.4. The minimum atomic E-state index is -2.51. The van der Waals surface area contributed by atoms with Gasteiger partial charge in [-0.1, -0.05) is 84.8 Å². The zero-order valence-corrected chi connectivity index (χ0v) is 54.9. The van der Waals surface area contributed by atoms with E-state index in [-0.39, 0.29) is 92.0 Å². The summed E-state index contributed by atoms with van der Waals surface area (Å²) in [4.78, 5) is 95.4. The van der Waals surface area contributed by atoms with Crippen molar-refractivity contribution in [3.8, 4) is 0 Å². The van der Waals surface area contributed by atoms with Crippen LogP contribution in [-0.2, 0) is 62.0 Å². The molecule has 0 radical (unpaired) electrons. The molecule has 18 nitrogen and oxygen atoms in total. The number of aliphatic hydroxyl groups excluding tert-OH is 3. The van der Waals surface area contributed by atoms with Crippen LogP contribution in [0.3, 0.4) is 0 Å². The lowest BCUT2D eigenvalue weighted by Gasteiger charge is -2.59. The van der Waals surface area contributed by atoms with E-state index < -0.39 is 125 Å². The first-order valence-corrected chi connectivity index (χ1v) is 32.9. The summed E-state index contributed by atoms with van der Waals surface area (Å²) in [6.45, 7) is 21.2. The fraction of sp³-hybridized carbons (Fsp3) is 0.757. The van der Waals surface area contributed by atoms with E-state index in [1.165, 1.54) is 31.3 Å². The zero-order valence-electron chi connectivity index (χ0n) is 54.9. The summed E-state index contributed by atoms with van der Waals surface area (Å²) in [6, 6.07) is -1.14. The predicted molar refractivity (Wildman–Crippen MR) is 330 cm³/mol. The number of alkyl halides is 1. The van der Waals surface area contributed by atoms with Gasteiger partial charge >= 0.3 is 11.9 Å². The second kappa shape index (κ2) is 30.4. The SMILES string of the molecule is C=CC[C@@H]1/C=C(\C)C[C@H](C)C[C@H](OC)[C@H]2O[C@@](O)(C(=O)C(=O)N3CCCC[C@H]3C(=O)O[C@H](/C(C)=C/[C@@H]3CC[C@@H](O)[C@H](OC)C3)[C@H](C)[C@@H](O)CC1=O)[C@H](C)C[C@@H]2OC.CCCCOC(=O)C(=O)[C@H]1[C@H](C)C[C@H]2[C@@H]3C[C@H](F)C4=CC(=O)C=C[C@]4(C)[C@H]3[C@@H](O)C[C@@]21C. The average Bonchev–Trinajstić information content (AvgIpc) is 1.68. The van der Waals surface area contributed by atoms with Gasteiger partial charge in [0, 0.05) is 69.3 Å². The average molecular weight is 1250 g/mol. The Hall–Kier alpha value is -4.60. The number of allylic oxidation sites excluding steroid dienone is 8. The highest BCUT2D eigenvalue weighted by molar-refractivity contribution is 6.39. The van der Waals surface area contributed by atoms with Crippen molar-refractivity contribution < 1.29 is 86.8 Å². The fourth-order valence-electron chi connectivity index (χ4n) is 17.2. The molecular formula is C70H104FNO17. The maximum absolute atomic E-state index is 15.4. The molecule has 2 bridgehead atoms. The van der Waals surface area contributed by atoms with Gasteiger partial charge < -0.3 is 53.7 Å². The molecule has 3 aliphatic heterocycles. The minimum Gasteiger partial charge on any atom is -0.460 e. The fourth-order valence-corrected chi connectivity index (χ4v) is 17.2. The third kappa shape index (κ3) is 15.4. The second-order valence-electron chi connectivity index (χ2n) is 28.2. The first-order valence-electron chi connectivity index (χ1n) is 32.9. The van der Waals surface area contributed by atoms with E-state index in [1.807, 2.05) is 60.6 Å². The molecule has 6 fully saturated rings. The van der Waals surface area contributed by atoms with Crippen LogP contribution in [0.2, 0.25) is 0 Å². The van der Waals surface area contributed by atoms with Gasteiger partial charge in [0.1, 0.15) is 30.2 Å². The maximum Gasteiger partial charge on any atom is 0.374 e. The number of ether oxygens (including phenoxy) is 6. The molecule has 89 heavy (non-hydrogen) atoms. The number of halogens is 1. The Kier molecular flexibility index (Phi) is 24.6. The van der Waals surface area contributed by atoms with Crippen LogP contribution in [0.5, 0.6) is 0 Å². The summed E-state index contributed by atoms with van der Waals surface area (Å²) in [5.41, 5.74) is 0.763. The number of ketones is 4.